The fraction of sp³-hybridized carbons (Fsp3) is 0.409. The lowest BCUT2D eigenvalue weighted by Crippen LogP contribution is -2.20. The molecule has 0 aliphatic heterocycles. The maximum absolute atomic E-state index is 13.0. The summed E-state index contributed by atoms with van der Waals surface area (Å²) in [5.41, 5.74) is 1.49. The molecule has 4 rings (SSSR count). The van der Waals surface area contributed by atoms with Crippen LogP contribution in [-0.2, 0) is 0 Å². The molecule has 1 aliphatic carbocycles. The number of aliphatic hydroxyl groups excluding tert-OH is 1. The van der Waals surface area contributed by atoms with Gasteiger partial charge in [0, 0.05) is 30.0 Å². The van der Waals surface area contributed by atoms with Crippen LogP contribution in [0.3, 0.4) is 0 Å². The van der Waals surface area contributed by atoms with Crippen molar-refractivity contribution in [2.75, 3.05) is 11.9 Å². The molecule has 2 N–H and O–H groups in total. The average molecular weight is 430 g/mol. The molecule has 0 atom stereocenters. The van der Waals surface area contributed by atoms with E-state index in [9.17, 15) is 18.7 Å². The van der Waals surface area contributed by atoms with E-state index in [1.807, 2.05) is 10.9 Å². The first kappa shape index (κ1) is 21.2. The summed E-state index contributed by atoms with van der Waals surface area (Å²) in [5.74, 6) is -0.348. The number of hydrogen-bond donors (Lipinski definition) is 2. The van der Waals surface area contributed by atoms with Crippen molar-refractivity contribution in [2.24, 2.45) is 5.92 Å². The van der Waals surface area contributed by atoms with Crippen LogP contribution in [0.4, 0.5) is 14.5 Å². The number of fused-ring (bicyclic) bond motifs is 1. The first-order chi connectivity index (χ1) is 14.9. The zero-order chi connectivity index (χ0) is 22.0. The maximum atomic E-state index is 13.0. The van der Waals surface area contributed by atoms with E-state index in [-0.39, 0.29) is 29.8 Å². The molecule has 0 unspecified atom stereocenters. The smallest absolute Gasteiger partial charge is 0.387 e. The molecule has 164 valence electrons. The summed E-state index contributed by atoms with van der Waals surface area (Å²) in [4.78, 5) is 16.8. The van der Waals surface area contributed by atoms with Gasteiger partial charge in [-0.05, 0) is 56.7 Å². The molecule has 1 aliphatic rings. The van der Waals surface area contributed by atoms with E-state index < -0.39 is 12.5 Å². The number of carbonyl (C=O) groups excluding carboxylic acids is 1. The van der Waals surface area contributed by atoms with Crippen molar-refractivity contribution in [1.29, 1.82) is 0 Å². The third-order valence-electron chi connectivity index (χ3n) is 5.66. The van der Waals surface area contributed by atoms with Crippen molar-refractivity contribution < 1.29 is 23.4 Å². The summed E-state index contributed by atoms with van der Waals surface area (Å²) in [7, 11) is 0. The summed E-state index contributed by atoms with van der Waals surface area (Å²) in [6.45, 7) is -1.08. The number of alkyl halides is 2. The molecule has 2 heterocycles. The highest BCUT2D eigenvalue weighted by molar-refractivity contribution is 6.05. The predicted molar refractivity (Wildman–Crippen MR) is 111 cm³/mol. The van der Waals surface area contributed by atoms with Gasteiger partial charge in [0.2, 0.25) is 0 Å². The van der Waals surface area contributed by atoms with Gasteiger partial charge in [0.15, 0.2) is 5.75 Å². The number of halogens is 2. The Bertz CT molecular complexity index is 1080. The summed E-state index contributed by atoms with van der Waals surface area (Å²) in [5, 5.41) is 17.2. The molecular formula is C22H24F2N4O3. The Morgan fingerprint density at radius 1 is 1.29 bits per heavy atom. The molecule has 0 radical (unpaired) electrons. The zero-order valence-corrected chi connectivity index (χ0v) is 17.1. The van der Waals surface area contributed by atoms with E-state index in [0.29, 0.717) is 22.5 Å². The lowest BCUT2D eigenvalue weighted by Gasteiger charge is -2.27. The number of nitrogens with one attached hydrogen (secondary N) is 1. The summed E-state index contributed by atoms with van der Waals surface area (Å²) < 4.78 is 32.5. The number of aliphatic hydroxyl groups is 1. The van der Waals surface area contributed by atoms with Gasteiger partial charge in [0.1, 0.15) is 5.69 Å². The van der Waals surface area contributed by atoms with Crippen LogP contribution >= 0.6 is 0 Å². The highest BCUT2D eigenvalue weighted by Gasteiger charge is 2.23. The molecule has 9 heteroatoms. The van der Waals surface area contributed by atoms with Crippen LogP contribution in [0.2, 0.25) is 0 Å². The highest BCUT2D eigenvalue weighted by Crippen LogP contribution is 2.35. The Hall–Kier alpha value is -3.07. The van der Waals surface area contributed by atoms with E-state index in [1.54, 1.807) is 31.2 Å². The summed E-state index contributed by atoms with van der Waals surface area (Å²) in [6, 6.07) is 8.20. The maximum Gasteiger partial charge on any atom is 0.387 e. The van der Waals surface area contributed by atoms with Crippen molar-refractivity contribution in [1.82, 2.24) is 14.8 Å². The fourth-order valence-corrected chi connectivity index (χ4v) is 4.00. The van der Waals surface area contributed by atoms with Crippen LogP contribution in [-0.4, -0.2) is 39.0 Å². The molecule has 1 saturated carbocycles. The van der Waals surface area contributed by atoms with Gasteiger partial charge in [0.05, 0.1) is 17.2 Å². The predicted octanol–water partition coefficient (Wildman–Crippen LogP) is 4.32. The van der Waals surface area contributed by atoms with Crippen molar-refractivity contribution in [3.05, 3.63) is 47.9 Å². The molecule has 1 aromatic carbocycles. The van der Waals surface area contributed by atoms with Gasteiger partial charge in [-0.3, -0.25) is 9.48 Å². The summed E-state index contributed by atoms with van der Waals surface area (Å²) in [6.07, 6.45) is 5.47. The quantitative estimate of drug-likeness (QED) is 0.608. The van der Waals surface area contributed by atoms with Crippen LogP contribution in [0.25, 0.3) is 10.9 Å². The number of hydrogen-bond acceptors (Lipinski definition) is 5. The van der Waals surface area contributed by atoms with E-state index in [4.69, 9.17) is 0 Å². The Morgan fingerprint density at radius 3 is 2.74 bits per heavy atom. The van der Waals surface area contributed by atoms with Gasteiger partial charge >= 0.3 is 6.61 Å². The molecular weight excluding hydrogens is 406 g/mol. The van der Waals surface area contributed by atoms with E-state index in [0.717, 1.165) is 25.7 Å². The highest BCUT2D eigenvalue weighted by atomic mass is 19.3. The van der Waals surface area contributed by atoms with E-state index >= 15 is 0 Å². The van der Waals surface area contributed by atoms with Crippen LogP contribution in [0.5, 0.6) is 5.75 Å². The number of benzene rings is 1. The Kier molecular flexibility index (Phi) is 6.13. The van der Waals surface area contributed by atoms with Crippen LogP contribution in [0.15, 0.2) is 36.5 Å². The van der Waals surface area contributed by atoms with Gasteiger partial charge in [-0.15, -0.1) is 0 Å². The molecule has 1 fully saturated rings. The molecule has 0 saturated heterocycles. The lowest BCUT2D eigenvalue weighted by atomic mass is 9.87. The molecule has 3 aromatic rings. The Balaban J connectivity index is 1.63. The number of carbonyl (C=O) groups is 1. The van der Waals surface area contributed by atoms with Gasteiger partial charge in [-0.25, -0.2) is 4.98 Å². The standard InChI is InChI=1S/C22H24F2N4O3/c1-13-3-2-4-17(25-13)21(30)26-19-9-15-11-28(16-7-5-14(12-29)6-8-16)27-18(15)10-20(19)31-22(23)24/h2-4,9-11,14,16,22,29H,5-8,12H2,1H3,(H,26,30). The zero-order valence-electron chi connectivity index (χ0n) is 17.1. The van der Waals surface area contributed by atoms with E-state index in [1.165, 1.54) is 6.07 Å². The topological polar surface area (TPSA) is 89.3 Å². The van der Waals surface area contributed by atoms with Crippen molar-refractivity contribution in [3.8, 4) is 5.75 Å². The van der Waals surface area contributed by atoms with Crippen molar-refractivity contribution in [2.45, 2.75) is 45.3 Å². The Morgan fingerprint density at radius 2 is 2.06 bits per heavy atom. The number of amides is 1. The fourth-order valence-electron chi connectivity index (χ4n) is 4.00. The number of aryl methyl sites for hydroxylation is 1. The largest absolute Gasteiger partial charge is 0.433 e. The lowest BCUT2D eigenvalue weighted by molar-refractivity contribution is -0.0493. The number of ether oxygens (including phenoxy) is 1. The number of pyridine rings is 1. The average Bonchev–Trinajstić information content (AvgIpc) is 3.16. The number of aromatic nitrogens is 3. The van der Waals surface area contributed by atoms with Gasteiger partial charge in [-0.2, -0.15) is 13.9 Å². The van der Waals surface area contributed by atoms with Crippen LogP contribution in [0.1, 0.15) is 47.9 Å². The molecule has 1 amide bonds. The number of anilines is 1. The van der Waals surface area contributed by atoms with Crippen LogP contribution in [0, 0.1) is 12.8 Å². The molecule has 7 nitrogen and oxygen atoms in total. The molecule has 2 aromatic heterocycles. The molecule has 0 bridgehead atoms. The SMILES string of the molecule is Cc1cccc(C(=O)Nc2cc3cn(C4CCC(CO)CC4)nc3cc2OC(F)F)n1. The molecule has 0 spiro atoms. The van der Waals surface area contributed by atoms with E-state index in [2.05, 4.69) is 20.1 Å². The van der Waals surface area contributed by atoms with Gasteiger partial charge < -0.3 is 15.2 Å². The third kappa shape index (κ3) is 4.82. The second kappa shape index (κ2) is 8.97. The van der Waals surface area contributed by atoms with Gasteiger partial charge in [-0.1, -0.05) is 6.07 Å². The first-order valence-corrected chi connectivity index (χ1v) is 10.3. The minimum absolute atomic E-state index is 0.129. The minimum atomic E-state index is -3.04. The monoisotopic (exact) mass is 430 g/mol. The normalized spacial score (nSPS) is 19.0. The van der Waals surface area contributed by atoms with Crippen LogP contribution < -0.4 is 10.1 Å². The second-order valence-corrected chi connectivity index (χ2v) is 7.87. The molecule has 31 heavy (non-hydrogen) atoms. The number of nitrogens with zero attached hydrogens (tertiary/aromatic N) is 3. The first-order valence-electron chi connectivity index (χ1n) is 10.3. The number of rotatable bonds is 6. The third-order valence-corrected chi connectivity index (χ3v) is 5.66. The van der Waals surface area contributed by atoms with Gasteiger partial charge in [0.25, 0.3) is 5.91 Å². The Labute approximate surface area is 178 Å². The minimum Gasteiger partial charge on any atom is -0.433 e. The van der Waals surface area contributed by atoms with Crippen molar-refractivity contribution in [3.63, 3.8) is 0 Å². The second-order valence-electron chi connectivity index (χ2n) is 7.87. The summed E-state index contributed by atoms with van der Waals surface area (Å²) >= 11 is 0. The van der Waals surface area contributed by atoms with Crippen molar-refractivity contribution >= 4 is 22.5 Å².